The van der Waals surface area contributed by atoms with Gasteiger partial charge in [0, 0.05) is 34.7 Å². The Balaban J connectivity index is 1.22. The molecule has 0 radical (unpaired) electrons. The molecule has 2 aromatic rings. The molecule has 0 bridgehead atoms. The van der Waals surface area contributed by atoms with Gasteiger partial charge >= 0.3 is 0 Å². The van der Waals surface area contributed by atoms with Crippen LogP contribution < -0.4 is 10.0 Å². The normalized spacial score (nSPS) is 28.8. The van der Waals surface area contributed by atoms with Crippen molar-refractivity contribution < 1.29 is 9.13 Å². The van der Waals surface area contributed by atoms with Crippen LogP contribution in [0.3, 0.4) is 0 Å². The van der Waals surface area contributed by atoms with E-state index in [1.54, 1.807) is 6.07 Å². The van der Waals surface area contributed by atoms with Crippen molar-refractivity contribution in [3.05, 3.63) is 35.3 Å². The number of benzene rings is 1. The van der Waals surface area contributed by atoms with Gasteiger partial charge in [-0.1, -0.05) is 20.8 Å². The number of ether oxygens (including phenoxy) is 1. The maximum Gasteiger partial charge on any atom is 0.152 e. The fourth-order valence-corrected chi connectivity index (χ4v) is 5.97. The third kappa shape index (κ3) is 3.87. The summed E-state index contributed by atoms with van der Waals surface area (Å²) in [6, 6.07) is 5.78. The third-order valence-corrected chi connectivity index (χ3v) is 7.84. The number of anilines is 2. The fraction of sp³-hybridized carbons (Fsp3) is 0.609. The first-order chi connectivity index (χ1) is 14.4. The molecule has 7 heteroatoms. The van der Waals surface area contributed by atoms with Gasteiger partial charge < -0.3 is 10.1 Å². The Hall–Kier alpha value is -1.57. The molecule has 162 valence electrons. The molecule has 2 fully saturated rings. The van der Waals surface area contributed by atoms with Crippen LogP contribution in [0.5, 0.6) is 0 Å². The molecule has 1 aromatic carbocycles. The smallest absolute Gasteiger partial charge is 0.152 e. The van der Waals surface area contributed by atoms with Crippen molar-refractivity contribution >= 4 is 23.5 Å². The Bertz CT molecular complexity index is 924. The van der Waals surface area contributed by atoms with E-state index in [1.165, 1.54) is 31.2 Å². The van der Waals surface area contributed by atoms with Gasteiger partial charge in [0.05, 0.1) is 17.9 Å². The van der Waals surface area contributed by atoms with Crippen molar-refractivity contribution in [2.24, 2.45) is 11.3 Å². The number of hydrogen-bond donors (Lipinski definition) is 3. The monoisotopic (exact) mass is 430 g/mol. The Kier molecular flexibility index (Phi) is 5.32. The second kappa shape index (κ2) is 7.84. The van der Waals surface area contributed by atoms with Crippen LogP contribution in [0.4, 0.5) is 15.9 Å². The molecule has 3 aliphatic rings. The van der Waals surface area contributed by atoms with E-state index >= 15 is 0 Å². The summed E-state index contributed by atoms with van der Waals surface area (Å²) < 4.78 is 24.3. The molecule has 3 N–H and O–H groups in total. The zero-order valence-electron chi connectivity index (χ0n) is 17.9. The maximum atomic E-state index is 14.7. The van der Waals surface area contributed by atoms with Crippen LogP contribution in [0.1, 0.15) is 70.1 Å². The molecule has 3 heterocycles. The number of fused-ring (bicyclic) bond motifs is 1. The standard InChI is InChI=1S/C23H31FN4OS/c1-23(2,3)20-9-7-18(29-20)14-5-4-13(10-14)17-11-21(28-27-17)26-16-6-8-19-15(22(16)24)12-25-30-19/h6,8,11,13-14,18,20,25H,4-5,7,9-10,12H2,1-3H3,(H2,26,27,28). The average molecular weight is 431 g/mol. The summed E-state index contributed by atoms with van der Waals surface area (Å²) in [5.74, 6) is 1.58. The molecule has 30 heavy (non-hydrogen) atoms. The Morgan fingerprint density at radius 2 is 2.07 bits per heavy atom. The quantitative estimate of drug-likeness (QED) is 0.529. The third-order valence-electron chi connectivity index (χ3n) is 6.95. The predicted octanol–water partition coefficient (Wildman–Crippen LogP) is 5.88. The van der Waals surface area contributed by atoms with Gasteiger partial charge in [0.25, 0.3) is 0 Å². The first-order valence-electron chi connectivity index (χ1n) is 11.1. The Morgan fingerprint density at radius 1 is 1.20 bits per heavy atom. The van der Waals surface area contributed by atoms with Crippen LogP contribution in [0, 0.1) is 17.2 Å². The van der Waals surface area contributed by atoms with Gasteiger partial charge in [-0.25, -0.2) is 4.39 Å². The van der Waals surface area contributed by atoms with Crippen molar-refractivity contribution in [1.29, 1.82) is 0 Å². The van der Waals surface area contributed by atoms with Crippen LogP contribution in [-0.2, 0) is 11.3 Å². The number of aromatic amines is 1. The van der Waals surface area contributed by atoms with Gasteiger partial charge in [0.1, 0.15) is 0 Å². The van der Waals surface area contributed by atoms with E-state index in [9.17, 15) is 4.39 Å². The fourth-order valence-electron chi connectivity index (χ4n) is 5.18. The van der Waals surface area contributed by atoms with Crippen LogP contribution in [0.2, 0.25) is 0 Å². The summed E-state index contributed by atoms with van der Waals surface area (Å²) >= 11 is 1.48. The van der Waals surface area contributed by atoms with E-state index in [4.69, 9.17) is 4.74 Å². The molecule has 0 spiro atoms. The van der Waals surface area contributed by atoms with Crippen molar-refractivity contribution in [3.8, 4) is 0 Å². The number of nitrogens with zero attached hydrogens (tertiary/aromatic N) is 1. The molecule has 1 aliphatic carbocycles. The van der Waals surface area contributed by atoms with Gasteiger partial charge in [-0.2, -0.15) is 5.10 Å². The lowest BCUT2D eigenvalue weighted by atomic mass is 9.87. The SMILES string of the molecule is CC(C)(C)C1CCC(C2CCC(c3cc(Nc4ccc5c(c4F)CNS5)n[nH]3)C2)O1. The minimum atomic E-state index is -0.192. The predicted molar refractivity (Wildman–Crippen MR) is 118 cm³/mol. The van der Waals surface area contributed by atoms with Gasteiger partial charge in [-0.05, 0) is 67.5 Å². The first kappa shape index (κ1) is 20.3. The van der Waals surface area contributed by atoms with E-state index in [2.05, 4.69) is 41.0 Å². The number of aromatic nitrogens is 2. The number of rotatable bonds is 4. The Morgan fingerprint density at radius 3 is 2.87 bits per heavy atom. The molecular formula is C23H31FN4OS. The number of nitrogens with one attached hydrogen (secondary N) is 3. The zero-order chi connectivity index (χ0) is 20.9. The van der Waals surface area contributed by atoms with E-state index in [0.717, 1.165) is 29.0 Å². The Labute approximate surface area is 182 Å². The first-order valence-corrected chi connectivity index (χ1v) is 11.9. The van der Waals surface area contributed by atoms with E-state index in [-0.39, 0.29) is 11.2 Å². The lowest BCUT2D eigenvalue weighted by molar-refractivity contribution is -0.0375. The highest BCUT2D eigenvalue weighted by Crippen LogP contribution is 2.45. The molecule has 2 aliphatic heterocycles. The van der Waals surface area contributed by atoms with Gasteiger partial charge in [0.2, 0.25) is 0 Å². The maximum absolute atomic E-state index is 14.7. The molecule has 5 nitrogen and oxygen atoms in total. The molecule has 1 saturated carbocycles. The van der Waals surface area contributed by atoms with Gasteiger partial charge in [-0.15, -0.1) is 0 Å². The van der Waals surface area contributed by atoms with Gasteiger partial charge in [-0.3, -0.25) is 9.82 Å². The highest BCUT2D eigenvalue weighted by molar-refractivity contribution is 7.97. The lowest BCUT2D eigenvalue weighted by Gasteiger charge is -2.28. The van der Waals surface area contributed by atoms with Crippen molar-refractivity contribution in [3.63, 3.8) is 0 Å². The van der Waals surface area contributed by atoms with Crippen molar-refractivity contribution in [1.82, 2.24) is 14.9 Å². The largest absolute Gasteiger partial charge is 0.374 e. The summed E-state index contributed by atoms with van der Waals surface area (Å²) in [6.07, 6.45) is 6.63. The molecule has 4 atom stereocenters. The molecule has 0 amide bonds. The summed E-state index contributed by atoms with van der Waals surface area (Å²) in [7, 11) is 0. The summed E-state index contributed by atoms with van der Waals surface area (Å²) in [5.41, 5.74) is 2.57. The summed E-state index contributed by atoms with van der Waals surface area (Å²) in [6.45, 7) is 7.37. The molecule has 5 rings (SSSR count). The van der Waals surface area contributed by atoms with Crippen LogP contribution >= 0.6 is 11.9 Å². The molecule has 1 aromatic heterocycles. The van der Waals surface area contributed by atoms with E-state index in [1.807, 2.05) is 12.1 Å². The minimum absolute atomic E-state index is 0.192. The lowest BCUT2D eigenvalue weighted by Crippen LogP contribution is -2.28. The molecule has 1 saturated heterocycles. The highest BCUT2D eigenvalue weighted by Gasteiger charge is 2.40. The number of H-pyrrole nitrogens is 1. The molecular weight excluding hydrogens is 399 g/mol. The number of halogens is 1. The second-order valence-electron chi connectivity index (χ2n) is 10.0. The van der Waals surface area contributed by atoms with Crippen molar-refractivity contribution in [2.45, 2.75) is 82.4 Å². The van der Waals surface area contributed by atoms with Crippen LogP contribution in [0.15, 0.2) is 23.1 Å². The van der Waals surface area contributed by atoms with E-state index in [0.29, 0.717) is 42.1 Å². The summed E-state index contributed by atoms with van der Waals surface area (Å²) in [5, 5.41) is 10.7. The minimum Gasteiger partial charge on any atom is -0.374 e. The van der Waals surface area contributed by atoms with Crippen LogP contribution in [0.25, 0.3) is 0 Å². The van der Waals surface area contributed by atoms with E-state index < -0.39 is 0 Å². The summed E-state index contributed by atoms with van der Waals surface area (Å²) in [4.78, 5) is 0.959. The number of hydrogen-bond acceptors (Lipinski definition) is 5. The highest BCUT2D eigenvalue weighted by atomic mass is 32.2. The topological polar surface area (TPSA) is 62.0 Å². The van der Waals surface area contributed by atoms with Gasteiger partial charge in [0.15, 0.2) is 11.6 Å². The average Bonchev–Trinajstić information content (AvgIpc) is 3.49. The van der Waals surface area contributed by atoms with Crippen LogP contribution in [-0.4, -0.2) is 22.4 Å². The molecule has 4 unspecified atom stereocenters. The van der Waals surface area contributed by atoms with Crippen molar-refractivity contribution in [2.75, 3.05) is 5.32 Å². The zero-order valence-corrected chi connectivity index (χ0v) is 18.7. The second-order valence-corrected chi connectivity index (χ2v) is 11.0.